The van der Waals surface area contributed by atoms with Crippen molar-refractivity contribution in [2.45, 2.75) is 51.1 Å². The van der Waals surface area contributed by atoms with Gasteiger partial charge >= 0.3 is 0 Å². The number of anilines is 1. The molecule has 0 aromatic carbocycles. The quantitative estimate of drug-likeness (QED) is 0.507. The smallest absolute Gasteiger partial charge is 0.261 e. The molecular weight excluding hydrogens is 452 g/mol. The van der Waals surface area contributed by atoms with Gasteiger partial charge in [0.2, 0.25) is 5.91 Å². The largest absolute Gasteiger partial charge is 0.464 e. The Morgan fingerprint density at radius 2 is 1.97 bits per heavy atom. The Kier molecular flexibility index (Phi) is 7.74. The van der Waals surface area contributed by atoms with Crippen LogP contribution in [0.25, 0.3) is 0 Å². The molecule has 8 nitrogen and oxygen atoms in total. The fraction of sp³-hybridized carbons (Fsp3) is 0.360. The molecule has 0 saturated heterocycles. The molecule has 1 atom stereocenters. The number of pyridine rings is 1. The molecule has 2 N–H and O–H groups in total. The minimum Gasteiger partial charge on any atom is -0.464 e. The Labute approximate surface area is 202 Å². The fourth-order valence-corrected chi connectivity index (χ4v) is 4.81. The van der Waals surface area contributed by atoms with Gasteiger partial charge in [-0.2, -0.15) is 0 Å². The molecule has 1 fully saturated rings. The highest BCUT2D eigenvalue weighted by atomic mass is 32.1. The first-order chi connectivity index (χ1) is 16.5. The van der Waals surface area contributed by atoms with Gasteiger partial charge in [0.25, 0.3) is 11.8 Å². The van der Waals surface area contributed by atoms with E-state index < -0.39 is 11.9 Å². The van der Waals surface area contributed by atoms with Gasteiger partial charge in [-0.05, 0) is 55.5 Å². The maximum atomic E-state index is 13.6. The molecule has 0 unspecified atom stereocenters. The van der Waals surface area contributed by atoms with Crippen LogP contribution in [0, 0.1) is 6.92 Å². The van der Waals surface area contributed by atoms with Crippen LogP contribution in [0.1, 0.15) is 59.3 Å². The predicted molar refractivity (Wildman–Crippen MR) is 130 cm³/mol. The highest BCUT2D eigenvalue weighted by molar-refractivity contribution is 7.12. The molecular formula is C25H28N4O4S. The van der Waals surface area contributed by atoms with Crippen molar-refractivity contribution in [3.63, 3.8) is 0 Å². The van der Waals surface area contributed by atoms with Crippen LogP contribution in [-0.2, 0) is 9.59 Å². The second-order valence-electron chi connectivity index (χ2n) is 8.33. The van der Waals surface area contributed by atoms with Crippen molar-refractivity contribution < 1.29 is 18.8 Å². The zero-order chi connectivity index (χ0) is 23.9. The summed E-state index contributed by atoms with van der Waals surface area (Å²) in [7, 11) is 0. The molecule has 1 saturated carbocycles. The first kappa shape index (κ1) is 23.7. The summed E-state index contributed by atoms with van der Waals surface area (Å²) >= 11 is 1.29. The molecule has 3 amide bonds. The number of rotatable bonds is 8. The number of carbonyl (C=O) groups is 3. The number of amides is 3. The summed E-state index contributed by atoms with van der Waals surface area (Å²) in [5, 5.41) is 7.58. The molecule has 0 aliphatic heterocycles. The number of nitrogens with one attached hydrogen (secondary N) is 2. The van der Waals surface area contributed by atoms with Gasteiger partial charge in [-0.15, -0.1) is 11.3 Å². The van der Waals surface area contributed by atoms with Crippen LogP contribution in [0.15, 0.2) is 58.6 Å². The normalized spacial score (nSPS) is 14.9. The van der Waals surface area contributed by atoms with Crippen LogP contribution in [-0.4, -0.2) is 35.3 Å². The fourth-order valence-electron chi connectivity index (χ4n) is 4.17. The lowest BCUT2D eigenvalue weighted by atomic mass is 9.95. The minimum absolute atomic E-state index is 0.0594. The third kappa shape index (κ3) is 5.72. The lowest BCUT2D eigenvalue weighted by Gasteiger charge is -2.32. The van der Waals surface area contributed by atoms with Crippen molar-refractivity contribution in [1.29, 1.82) is 0 Å². The van der Waals surface area contributed by atoms with Crippen molar-refractivity contribution in [1.82, 2.24) is 15.6 Å². The highest BCUT2D eigenvalue weighted by Gasteiger charge is 2.36. The van der Waals surface area contributed by atoms with Crippen molar-refractivity contribution >= 4 is 34.7 Å². The average molecular weight is 481 g/mol. The van der Waals surface area contributed by atoms with E-state index in [0.29, 0.717) is 22.1 Å². The van der Waals surface area contributed by atoms with E-state index in [1.54, 1.807) is 54.9 Å². The van der Waals surface area contributed by atoms with Gasteiger partial charge < -0.3 is 15.1 Å². The Hall–Kier alpha value is -3.46. The second-order valence-corrected chi connectivity index (χ2v) is 9.28. The topological polar surface area (TPSA) is 105 Å². The second kappa shape index (κ2) is 11.1. The monoisotopic (exact) mass is 480 g/mol. The number of aryl methyl sites for hydroxylation is 1. The van der Waals surface area contributed by atoms with E-state index in [0.717, 1.165) is 32.1 Å². The van der Waals surface area contributed by atoms with E-state index in [2.05, 4.69) is 15.6 Å². The molecule has 1 aliphatic carbocycles. The van der Waals surface area contributed by atoms with Gasteiger partial charge in [0.05, 0.1) is 23.3 Å². The van der Waals surface area contributed by atoms with Gasteiger partial charge in [-0.3, -0.25) is 24.3 Å². The Bertz CT molecular complexity index is 1110. The van der Waals surface area contributed by atoms with Crippen LogP contribution in [0.3, 0.4) is 0 Å². The van der Waals surface area contributed by atoms with Crippen LogP contribution in [0.4, 0.5) is 5.69 Å². The van der Waals surface area contributed by atoms with Crippen LogP contribution < -0.4 is 15.5 Å². The van der Waals surface area contributed by atoms with E-state index in [1.165, 1.54) is 22.4 Å². The van der Waals surface area contributed by atoms with E-state index >= 15 is 0 Å². The number of nitrogens with zero attached hydrogens (tertiary/aromatic N) is 2. The molecule has 3 heterocycles. The number of hydrogen-bond acceptors (Lipinski definition) is 6. The highest BCUT2D eigenvalue weighted by Crippen LogP contribution is 2.30. The van der Waals surface area contributed by atoms with E-state index in [-0.39, 0.29) is 24.4 Å². The summed E-state index contributed by atoms with van der Waals surface area (Å²) in [6.45, 7) is 1.51. The van der Waals surface area contributed by atoms with Crippen molar-refractivity contribution in [2.75, 3.05) is 11.4 Å². The number of thiophene rings is 1. The molecule has 4 rings (SSSR count). The number of carbonyl (C=O) groups excluding carboxylic acids is 3. The van der Waals surface area contributed by atoms with Gasteiger partial charge in [0, 0.05) is 12.2 Å². The third-order valence-electron chi connectivity index (χ3n) is 5.83. The SMILES string of the molecule is Cc1ccc([C@@H](C(=O)NC2CCCCC2)N(C(=O)CNC(=O)c2cccs2)c2cccnc2)o1. The molecule has 3 aromatic rings. The summed E-state index contributed by atoms with van der Waals surface area (Å²) < 4.78 is 5.83. The Morgan fingerprint density at radius 3 is 2.62 bits per heavy atom. The van der Waals surface area contributed by atoms with Gasteiger partial charge in [-0.25, -0.2) is 0 Å². The summed E-state index contributed by atoms with van der Waals surface area (Å²) in [6.07, 6.45) is 8.23. The molecule has 0 radical (unpaired) electrons. The molecule has 0 spiro atoms. The Balaban J connectivity index is 1.62. The van der Waals surface area contributed by atoms with Crippen molar-refractivity contribution in [3.05, 3.63) is 70.6 Å². The number of hydrogen-bond donors (Lipinski definition) is 2. The average Bonchev–Trinajstić information content (AvgIpc) is 3.54. The van der Waals surface area contributed by atoms with E-state index in [9.17, 15) is 14.4 Å². The lowest BCUT2D eigenvalue weighted by molar-refractivity contribution is -0.127. The van der Waals surface area contributed by atoms with Crippen LogP contribution in [0.5, 0.6) is 0 Å². The first-order valence-electron chi connectivity index (χ1n) is 11.4. The van der Waals surface area contributed by atoms with Gasteiger partial charge in [0.15, 0.2) is 6.04 Å². The lowest BCUT2D eigenvalue weighted by Crippen LogP contribution is -2.49. The van der Waals surface area contributed by atoms with E-state index in [4.69, 9.17) is 4.42 Å². The maximum absolute atomic E-state index is 13.6. The molecule has 3 aromatic heterocycles. The van der Waals surface area contributed by atoms with Gasteiger partial charge in [0.1, 0.15) is 11.5 Å². The summed E-state index contributed by atoms with van der Waals surface area (Å²) in [5.41, 5.74) is 0.440. The number of aromatic nitrogens is 1. The van der Waals surface area contributed by atoms with Crippen LogP contribution in [0.2, 0.25) is 0 Å². The zero-order valence-corrected chi connectivity index (χ0v) is 19.8. The minimum atomic E-state index is -1.04. The van der Waals surface area contributed by atoms with Gasteiger partial charge in [-0.1, -0.05) is 25.3 Å². The molecule has 9 heteroatoms. The summed E-state index contributed by atoms with van der Waals surface area (Å²) in [5.74, 6) is -0.118. The maximum Gasteiger partial charge on any atom is 0.261 e. The summed E-state index contributed by atoms with van der Waals surface area (Å²) in [4.78, 5) is 45.5. The van der Waals surface area contributed by atoms with Crippen molar-refractivity contribution in [3.8, 4) is 0 Å². The van der Waals surface area contributed by atoms with Crippen molar-refractivity contribution in [2.24, 2.45) is 0 Å². The van der Waals surface area contributed by atoms with E-state index in [1.807, 2.05) is 0 Å². The standard InChI is InChI=1S/C25H28N4O4S/c1-17-11-12-20(33-17)23(25(32)28-18-7-3-2-4-8-18)29(19-9-5-13-26-15-19)22(30)16-27-24(31)21-10-6-14-34-21/h5-6,9-15,18,23H,2-4,7-8,16H2,1H3,(H,27,31)(H,28,32)/t23-/m0/s1. The zero-order valence-electron chi connectivity index (χ0n) is 19.0. The Morgan fingerprint density at radius 1 is 1.15 bits per heavy atom. The third-order valence-corrected chi connectivity index (χ3v) is 6.70. The molecule has 178 valence electrons. The molecule has 1 aliphatic rings. The molecule has 34 heavy (non-hydrogen) atoms. The predicted octanol–water partition coefficient (Wildman–Crippen LogP) is 4.00. The number of furan rings is 1. The van der Waals surface area contributed by atoms with Crippen LogP contribution >= 0.6 is 11.3 Å². The first-order valence-corrected chi connectivity index (χ1v) is 12.3. The summed E-state index contributed by atoms with van der Waals surface area (Å²) in [6, 6.07) is 9.37. The molecule has 0 bridgehead atoms.